The zero-order valence-electron chi connectivity index (χ0n) is 7.16. The van der Waals surface area contributed by atoms with Gasteiger partial charge >= 0.3 is 5.97 Å². The zero-order valence-corrected chi connectivity index (χ0v) is 8.06. The average molecular weight is 192 g/mol. The molecule has 12 heavy (non-hydrogen) atoms. The van der Waals surface area contributed by atoms with E-state index in [2.05, 4.69) is 12.6 Å². The number of carbonyl (C=O) groups is 1. The predicted octanol–water partition coefficient (Wildman–Crippen LogP) is 1.58. The van der Waals surface area contributed by atoms with Gasteiger partial charge in [-0.25, -0.2) is 0 Å². The molecule has 0 radical (unpaired) electrons. The molecule has 4 heteroatoms. The maximum atomic E-state index is 10.0. The fourth-order valence-electron chi connectivity index (χ4n) is 0.754. The molecule has 1 N–H and O–H groups in total. The number of hydrogen-bond donors (Lipinski definition) is 2. The molecule has 0 aliphatic carbocycles. The second-order valence-corrected chi connectivity index (χ2v) is 2.99. The van der Waals surface area contributed by atoms with Gasteiger partial charge in [-0.2, -0.15) is 12.6 Å². The van der Waals surface area contributed by atoms with Crippen molar-refractivity contribution in [2.24, 2.45) is 0 Å². The van der Waals surface area contributed by atoms with Crippen LogP contribution in [0.15, 0.2) is 0 Å². The zero-order chi connectivity index (χ0) is 9.23. The summed E-state index contributed by atoms with van der Waals surface area (Å²) < 4.78 is 5.09. The standard InChI is InChI=1S/C8H16O3S/c9-8(10)4-6-11-5-2-1-3-7-12/h12H,1-7H2,(H,9,10). The van der Waals surface area contributed by atoms with E-state index in [-0.39, 0.29) is 6.42 Å². The lowest BCUT2D eigenvalue weighted by molar-refractivity contribution is -0.138. The molecule has 0 atom stereocenters. The second-order valence-electron chi connectivity index (χ2n) is 2.54. The highest BCUT2D eigenvalue weighted by Crippen LogP contribution is 1.97. The number of rotatable bonds is 8. The number of unbranched alkanes of at least 4 members (excludes halogenated alkanes) is 2. The largest absolute Gasteiger partial charge is 0.481 e. The van der Waals surface area contributed by atoms with Gasteiger partial charge in [0, 0.05) is 6.61 Å². The quantitative estimate of drug-likeness (QED) is 0.453. The molecule has 72 valence electrons. The molecule has 0 aromatic carbocycles. The summed E-state index contributed by atoms with van der Waals surface area (Å²) in [6.45, 7) is 0.997. The van der Waals surface area contributed by atoms with Gasteiger partial charge < -0.3 is 9.84 Å². The average Bonchev–Trinajstić information content (AvgIpc) is 2.02. The highest BCUT2D eigenvalue weighted by molar-refractivity contribution is 7.80. The number of aliphatic carboxylic acids is 1. The van der Waals surface area contributed by atoms with Crippen molar-refractivity contribution in [3.63, 3.8) is 0 Å². The van der Waals surface area contributed by atoms with Crippen LogP contribution in [0.2, 0.25) is 0 Å². The summed E-state index contributed by atoms with van der Waals surface area (Å²) >= 11 is 4.07. The first-order valence-corrected chi connectivity index (χ1v) is 4.81. The lowest BCUT2D eigenvalue weighted by Gasteiger charge is -2.00. The number of ether oxygens (including phenoxy) is 1. The molecule has 0 aliphatic heterocycles. The van der Waals surface area contributed by atoms with Gasteiger partial charge in [-0.15, -0.1) is 0 Å². The van der Waals surface area contributed by atoms with Gasteiger partial charge in [0.05, 0.1) is 13.0 Å². The normalized spacial score (nSPS) is 10.1. The maximum absolute atomic E-state index is 10.0. The molecule has 0 fully saturated rings. The van der Waals surface area contributed by atoms with Gasteiger partial charge in [-0.3, -0.25) is 4.79 Å². The van der Waals surface area contributed by atoms with E-state index in [1.54, 1.807) is 0 Å². The first kappa shape index (κ1) is 11.8. The SMILES string of the molecule is O=C(O)CCOCCCCCS. The summed E-state index contributed by atoms with van der Waals surface area (Å²) in [7, 11) is 0. The van der Waals surface area contributed by atoms with Crippen LogP contribution in [-0.2, 0) is 9.53 Å². The number of carboxylic acid groups (broad SMARTS) is 1. The minimum absolute atomic E-state index is 0.104. The molecule has 0 aliphatic rings. The Kier molecular flexibility index (Phi) is 8.71. The number of thiol groups is 1. The summed E-state index contributed by atoms with van der Waals surface area (Å²) in [4.78, 5) is 10.0. The Bertz CT molecular complexity index is 117. The van der Waals surface area contributed by atoms with Crippen molar-refractivity contribution in [2.45, 2.75) is 25.7 Å². The Labute approximate surface area is 78.5 Å². The molecule has 3 nitrogen and oxygen atoms in total. The molecule has 0 rings (SSSR count). The van der Waals surface area contributed by atoms with E-state index in [0.29, 0.717) is 13.2 Å². The lowest BCUT2D eigenvalue weighted by Crippen LogP contribution is -2.03. The third-order valence-electron chi connectivity index (χ3n) is 1.41. The smallest absolute Gasteiger partial charge is 0.305 e. The molecule has 0 bridgehead atoms. The van der Waals surface area contributed by atoms with E-state index in [4.69, 9.17) is 9.84 Å². The van der Waals surface area contributed by atoms with Crippen LogP contribution in [0.25, 0.3) is 0 Å². The van der Waals surface area contributed by atoms with E-state index >= 15 is 0 Å². The Morgan fingerprint density at radius 1 is 1.25 bits per heavy atom. The fourth-order valence-corrected chi connectivity index (χ4v) is 0.978. The molecule has 0 amide bonds. The van der Waals surface area contributed by atoms with Crippen LogP contribution in [0.1, 0.15) is 25.7 Å². The van der Waals surface area contributed by atoms with Crippen molar-refractivity contribution in [1.82, 2.24) is 0 Å². The molecule has 0 unspecified atom stereocenters. The van der Waals surface area contributed by atoms with Crippen molar-refractivity contribution in [3.8, 4) is 0 Å². The van der Waals surface area contributed by atoms with Gasteiger partial charge in [0.2, 0.25) is 0 Å². The van der Waals surface area contributed by atoms with Crippen LogP contribution in [0.3, 0.4) is 0 Å². The molecule has 0 aromatic heterocycles. The minimum atomic E-state index is -0.801. The number of carboxylic acids is 1. The third kappa shape index (κ3) is 9.78. The summed E-state index contributed by atoms with van der Waals surface area (Å²) in [5.41, 5.74) is 0. The van der Waals surface area contributed by atoms with E-state index < -0.39 is 5.97 Å². The highest BCUT2D eigenvalue weighted by atomic mass is 32.1. The second kappa shape index (κ2) is 8.87. The van der Waals surface area contributed by atoms with Crippen LogP contribution in [0.5, 0.6) is 0 Å². The van der Waals surface area contributed by atoms with E-state index in [9.17, 15) is 4.79 Å². The summed E-state index contributed by atoms with van der Waals surface area (Å²) in [5.74, 6) is 0.111. The highest BCUT2D eigenvalue weighted by Gasteiger charge is 1.95. The van der Waals surface area contributed by atoms with Gasteiger partial charge in [-0.05, 0) is 18.6 Å². The Morgan fingerprint density at radius 3 is 2.58 bits per heavy atom. The van der Waals surface area contributed by atoms with Crippen LogP contribution >= 0.6 is 12.6 Å². The molecule has 0 aromatic rings. The number of hydrogen-bond acceptors (Lipinski definition) is 3. The third-order valence-corrected chi connectivity index (χ3v) is 1.72. The minimum Gasteiger partial charge on any atom is -0.481 e. The van der Waals surface area contributed by atoms with E-state index in [1.165, 1.54) is 0 Å². The van der Waals surface area contributed by atoms with Gasteiger partial charge in [0.1, 0.15) is 0 Å². The Morgan fingerprint density at radius 2 is 2.00 bits per heavy atom. The van der Waals surface area contributed by atoms with Gasteiger partial charge in [0.25, 0.3) is 0 Å². The summed E-state index contributed by atoms with van der Waals surface area (Å²) in [5, 5.41) is 8.26. The van der Waals surface area contributed by atoms with Crippen molar-refractivity contribution < 1.29 is 14.6 Å². The first-order chi connectivity index (χ1) is 5.77. The van der Waals surface area contributed by atoms with Crippen LogP contribution in [-0.4, -0.2) is 30.0 Å². The molecule has 0 saturated carbocycles. The van der Waals surface area contributed by atoms with Gasteiger partial charge in [-0.1, -0.05) is 6.42 Å². The topological polar surface area (TPSA) is 46.5 Å². The van der Waals surface area contributed by atoms with Crippen molar-refractivity contribution in [3.05, 3.63) is 0 Å². The van der Waals surface area contributed by atoms with Crippen LogP contribution < -0.4 is 0 Å². The first-order valence-electron chi connectivity index (χ1n) is 4.17. The molecular formula is C8H16O3S. The molecule has 0 spiro atoms. The Hall–Kier alpha value is -0.220. The monoisotopic (exact) mass is 192 g/mol. The predicted molar refractivity (Wildman–Crippen MR) is 50.8 cm³/mol. The van der Waals surface area contributed by atoms with Crippen LogP contribution in [0.4, 0.5) is 0 Å². The molecule has 0 heterocycles. The van der Waals surface area contributed by atoms with Crippen LogP contribution in [0, 0.1) is 0 Å². The van der Waals surface area contributed by atoms with E-state index in [1.807, 2.05) is 0 Å². The fraction of sp³-hybridized carbons (Fsp3) is 0.875. The maximum Gasteiger partial charge on any atom is 0.305 e. The van der Waals surface area contributed by atoms with Gasteiger partial charge in [0.15, 0.2) is 0 Å². The lowest BCUT2D eigenvalue weighted by atomic mass is 10.3. The van der Waals surface area contributed by atoms with Crippen molar-refractivity contribution >= 4 is 18.6 Å². The Balaban J connectivity index is 2.86. The van der Waals surface area contributed by atoms with E-state index in [0.717, 1.165) is 25.0 Å². The van der Waals surface area contributed by atoms with Crippen molar-refractivity contribution in [1.29, 1.82) is 0 Å². The summed E-state index contributed by atoms with van der Waals surface area (Å²) in [6, 6.07) is 0. The molecular weight excluding hydrogens is 176 g/mol. The van der Waals surface area contributed by atoms with Crippen molar-refractivity contribution in [2.75, 3.05) is 19.0 Å². The summed E-state index contributed by atoms with van der Waals surface area (Å²) in [6.07, 6.45) is 3.31. The molecule has 0 saturated heterocycles.